The summed E-state index contributed by atoms with van der Waals surface area (Å²) in [5, 5.41) is 0. The number of aromatic nitrogens is 2. The molecular formula is C14H10BrFN2OS. The minimum Gasteiger partial charge on any atom is -0.497 e. The minimum absolute atomic E-state index is 0.325. The van der Waals surface area contributed by atoms with E-state index in [1.807, 2.05) is 24.3 Å². The van der Waals surface area contributed by atoms with Crippen LogP contribution in [-0.2, 0) is 0 Å². The van der Waals surface area contributed by atoms with E-state index in [1.165, 1.54) is 6.07 Å². The van der Waals surface area contributed by atoms with Crippen LogP contribution in [0.25, 0.3) is 16.7 Å². The molecule has 0 aliphatic carbocycles. The third kappa shape index (κ3) is 2.14. The summed E-state index contributed by atoms with van der Waals surface area (Å²) in [5.74, 6) is 0.372. The number of aromatic amines is 1. The Bertz CT molecular complexity index is 856. The van der Waals surface area contributed by atoms with Crippen molar-refractivity contribution in [1.82, 2.24) is 9.55 Å². The van der Waals surface area contributed by atoms with Crippen LogP contribution in [0.3, 0.4) is 0 Å². The fourth-order valence-corrected chi connectivity index (χ4v) is 2.91. The quantitative estimate of drug-likeness (QED) is 0.683. The van der Waals surface area contributed by atoms with E-state index in [9.17, 15) is 4.39 Å². The summed E-state index contributed by atoms with van der Waals surface area (Å²) in [6.07, 6.45) is 0. The highest BCUT2D eigenvalue weighted by molar-refractivity contribution is 9.10. The average molecular weight is 353 g/mol. The molecule has 0 saturated heterocycles. The molecule has 102 valence electrons. The molecule has 3 nitrogen and oxygen atoms in total. The Morgan fingerprint density at radius 2 is 2.10 bits per heavy atom. The lowest BCUT2D eigenvalue weighted by Crippen LogP contribution is -1.95. The summed E-state index contributed by atoms with van der Waals surface area (Å²) in [4.78, 5) is 2.90. The maximum atomic E-state index is 13.8. The smallest absolute Gasteiger partial charge is 0.182 e. The summed E-state index contributed by atoms with van der Waals surface area (Å²) in [6, 6.07) is 10.5. The van der Waals surface area contributed by atoms with Crippen molar-refractivity contribution in [3.8, 4) is 11.4 Å². The summed E-state index contributed by atoms with van der Waals surface area (Å²) >= 11 is 8.73. The predicted molar refractivity (Wildman–Crippen MR) is 82.7 cm³/mol. The first kappa shape index (κ1) is 13.3. The molecule has 0 radical (unpaired) electrons. The number of fused-ring (bicyclic) bond motifs is 1. The van der Waals surface area contributed by atoms with E-state index in [0.29, 0.717) is 21.6 Å². The van der Waals surface area contributed by atoms with E-state index in [1.54, 1.807) is 17.7 Å². The largest absolute Gasteiger partial charge is 0.497 e. The lowest BCUT2D eigenvalue weighted by atomic mass is 10.2. The molecule has 3 aromatic rings. The van der Waals surface area contributed by atoms with Crippen LogP contribution in [0, 0.1) is 10.6 Å². The predicted octanol–water partition coefficient (Wildman–Crippen LogP) is 4.60. The van der Waals surface area contributed by atoms with Crippen LogP contribution < -0.4 is 4.74 Å². The van der Waals surface area contributed by atoms with Gasteiger partial charge in [0.1, 0.15) is 17.1 Å². The molecule has 0 amide bonds. The van der Waals surface area contributed by atoms with Crippen molar-refractivity contribution in [3.63, 3.8) is 0 Å². The molecule has 2 aromatic carbocycles. The van der Waals surface area contributed by atoms with Crippen LogP contribution in [0.2, 0.25) is 0 Å². The first-order valence-corrected chi connectivity index (χ1v) is 7.04. The van der Waals surface area contributed by atoms with Crippen LogP contribution in [0.4, 0.5) is 4.39 Å². The van der Waals surface area contributed by atoms with Crippen molar-refractivity contribution in [2.45, 2.75) is 0 Å². The number of halogens is 2. The normalized spacial score (nSPS) is 10.9. The summed E-state index contributed by atoms with van der Waals surface area (Å²) < 4.78 is 22.1. The molecule has 1 N–H and O–H groups in total. The number of nitrogens with zero attached hydrogens (tertiary/aromatic N) is 1. The third-order valence-corrected chi connectivity index (χ3v) is 3.76. The fraction of sp³-hybridized carbons (Fsp3) is 0.0714. The van der Waals surface area contributed by atoms with E-state index in [2.05, 4.69) is 20.9 Å². The Labute approximate surface area is 128 Å². The van der Waals surface area contributed by atoms with E-state index >= 15 is 0 Å². The maximum absolute atomic E-state index is 13.8. The zero-order valence-corrected chi connectivity index (χ0v) is 12.9. The lowest BCUT2D eigenvalue weighted by Gasteiger charge is -2.08. The zero-order valence-electron chi connectivity index (χ0n) is 10.5. The number of imidazole rings is 1. The zero-order chi connectivity index (χ0) is 14.3. The monoisotopic (exact) mass is 352 g/mol. The van der Waals surface area contributed by atoms with Gasteiger partial charge in [-0.05, 0) is 36.5 Å². The Morgan fingerprint density at radius 3 is 2.85 bits per heavy atom. The van der Waals surface area contributed by atoms with Crippen molar-refractivity contribution >= 4 is 39.2 Å². The number of hydrogen-bond acceptors (Lipinski definition) is 2. The molecule has 0 aliphatic rings. The van der Waals surface area contributed by atoms with Gasteiger partial charge in [-0.25, -0.2) is 4.39 Å². The molecule has 0 aliphatic heterocycles. The molecule has 0 unspecified atom stereocenters. The first-order valence-electron chi connectivity index (χ1n) is 5.84. The topological polar surface area (TPSA) is 29.9 Å². The standard InChI is InChI=1S/C14H10BrFN2OS/c1-19-10-6-8(15)5-9(7-10)18-12-4-2-3-11(16)13(12)17-14(18)20/h2-7H,1H3,(H,17,20). The van der Waals surface area contributed by atoms with Gasteiger partial charge in [0, 0.05) is 10.5 Å². The molecule has 0 spiro atoms. The number of methoxy groups -OCH3 is 1. The Morgan fingerprint density at radius 1 is 1.30 bits per heavy atom. The van der Waals surface area contributed by atoms with Gasteiger partial charge in [0.25, 0.3) is 0 Å². The number of ether oxygens (including phenoxy) is 1. The molecular weight excluding hydrogens is 343 g/mol. The van der Waals surface area contributed by atoms with Crippen molar-refractivity contribution < 1.29 is 9.13 Å². The molecule has 6 heteroatoms. The van der Waals surface area contributed by atoms with Crippen LogP contribution in [0.15, 0.2) is 40.9 Å². The average Bonchev–Trinajstić information content (AvgIpc) is 2.76. The number of para-hydroxylation sites is 1. The molecule has 1 heterocycles. The molecule has 0 bridgehead atoms. The highest BCUT2D eigenvalue weighted by Gasteiger charge is 2.11. The second-order valence-corrected chi connectivity index (χ2v) is 5.55. The van der Waals surface area contributed by atoms with Gasteiger partial charge >= 0.3 is 0 Å². The second kappa shape index (κ2) is 5.03. The molecule has 0 atom stereocenters. The number of rotatable bonds is 2. The highest BCUT2D eigenvalue weighted by atomic mass is 79.9. The second-order valence-electron chi connectivity index (χ2n) is 4.25. The van der Waals surface area contributed by atoms with Crippen LogP contribution >= 0.6 is 28.1 Å². The molecule has 20 heavy (non-hydrogen) atoms. The van der Waals surface area contributed by atoms with Crippen LogP contribution in [0.1, 0.15) is 0 Å². The number of H-pyrrole nitrogens is 1. The van der Waals surface area contributed by atoms with E-state index < -0.39 is 0 Å². The summed E-state index contributed by atoms with van der Waals surface area (Å²) in [7, 11) is 1.60. The third-order valence-electron chi connectivity index (χ3n) is 3.02. The number of benzene rings is 2. The molecule has 0 saturated carbocycles. The summed E-state index contributed by atoms with van der Waals surface area (Å²) in [6.45, 7) is 0. The Hall–Kier alpha value is -1.66. The van der Waals surface area contributed by atoms with Crippen molar-refractivity contribution in [2.24, 2.45) is 0 Å². The summed E-state index contributed by atoms with van der Waals surface area (Å²) in [5.41, 5.74) is 1.89. The maximum Gasteiger partial charge on any atom is 0.182 e. The Balaban J connectivity index is 2.35. The molecule has 1 aromatic heterocycles. The minimum atomic E-state index is -0.325. The lowest BCUT2D eigenvalue weighted by molar-refractivity contribution is 0.414. The SMILES string of the molecule is COc1cc(Br)cc(-n2c(=S)[nH]c3c(F)cccc32)c1. The van der Waals surface area contributed by atoms with Gasteiger partial charge in [0.05, 0.1) is 18.3 Å². The molecule has 0 fully saturated rings. The first-order chi connectivity index (χ1) is 9.60. The van der Waals surface area contributed by atoms with Crippen molar-refractivity contribution in [1.29, 1.82) is 0 Å². The van der Waals surface area contributed by atoms with Crippen molar-refractivity contribution in [3.05, 3.63) is 51.5 Å². The van der Waals surface area contributed by atoms with E-state index in [0.717, 1.165) is 10.2 Å². The molecule has 3 rings (SSSR count). The van der Waals surface area contributed by atoms with Gasteiger partial charge in [-0.2, -0.15) is 0 Å². The number of hydrogen-bond donors (Lipinski definition) is 1. The van der Waals surface area contributed by atoms with Gasteiger partial charge < -0.3 is 9.72 Å². The van der Waals surface area contributed by atoms with Gasteiger partial charge in [-0.3, -0.25) is 4.57 Å². The fourth-order valence-electron chi connectivity index (χ4n) is 2.15. The van der Waals surface area contributed by atoms with Gasteiger partial charge in [-0.15, -0.1) is 0 Å². The van der Waals surface area contributed by atoms with Crippen molar-refractivity contribution in [2.75, 3.05) is 7.11 Å². The van der Waals surface area contributed by atoms with Gasteiger partial charge in [-0.1, -0.05) is 22.0 Å². The van der Waals surface area contributed by atoms with Gasteiger partial charge in [0.15, 0.2) is 4.77 Å². The van der Waals surface area contributed by atoms with E-state index in [-0.39, 0.29) is 5.82 Å². The van der Waals surface area contributed by atoms with Gasteiger partial charge in [0.2, 0.25) is 0 Å². The number of nitrogens with one attached hydrogen (secondary N) is 1. The Kier molecular flexibility index (Phi) is 3.35. The highest BCUT2D eigenvalue weighted by Crippen LogP contribution is 2.27. The van der Waals surface area contributed by atoms with Crippen LogP contribution in [-0.4, -0.2) is 16.7 Å². The van der Waals surface area contributed by atoms with E-state index in [4.69, 9.17) is 17.0 Å². The van der Waals surface area contributed by atoms with Crippen LogP contribution in [0.5, 0.6) is 5.75 Å².